The molecule has 4 heterocycles. The van der Waals surface area contributed by atoms with E-state index < -0.39 is 0 Å². The molecule has 0 unspecified atom stereocenters. The number of carbonyl (C=O) groups excluding carboxylic acids is 1. The number of nitrogens with one attached hydrogen (secondary N) is 1. The summed E-state index contributed by atoms with van der Waals surface area (Å²) in [5, 5.41) is 6.83. The standard InChI is InChI=1S/C25H26FN5O/c26-21-4-1-18(2-5-21)3-8-25(32)30-12-9-19(10-13-30)17-31-14-11-23-24(31)7-6-22(29-23)20-15-27-28-16-20/h1-2,4-7,11,14-16,19H,3,8-10,12-13,17H2,(H,27,28). The molecule has 164 valence electrons. The van der Waals surface area contributed by atoms with Crippen LogP contribution in [0.4, 0.5) is 4.39 Å². The van der Waals surface area contributed by atoms with Gasteiger partial charge in [0.1, 0.15) is 5.82 Å². The Morgan fingerprint density at radius 2 is 1.91 bits per heavy atom. The number of piperidine rings is 1. The number of fused-ring (bicyclic) bond motifs is 1. The first kappa shape index (κ1) is 20.4. The summed E-state index contributed by atoms with van der Waals surface area (Å²) in [5.41, 5.74) is 5.01. The zero-order valence-electron chi connectivity index (χ0n) is 17.9. The Hall–Kier alpha value is -3.48. The monoisotopic (exact) mass is 431 g/mol. The minimum atomic E-state index is -0.244. The molecule has 32 heavy (non-hydrogen) atoms. The lowest BCUT2D eigenvalue weighted by molar-refractivity contribution is -0.132. The molecule has 1 amide bonds. The maximum Gasteiger partial charge on any atom is 0.222 e. The van der Waals surface area contributed by atoms with E-state index in [0.717, 1.165) is 60.3 Å². The van der Waals surface area contributed by atoms with E-state index in [1.165, 1.54) is 12.1 Å². The van der Waals surface area contributed by atoms with Crippen molar-refractivity contribution >= 4 is 16.9 Å². The number of aromatic nitrogens is 4. The third kappa shape index (κ3) is 4.42. The van der Waals surface area contributed by atoms with Gasteiger partial charge in [0.05, 0.1) is 22.9 Å². The van der Waals surface area contributed by atoms with E-state index in [2.05, 4.69) is 33.1 Å². The zero-order chi connectivity index (χ0) is 21.9. The lowest BCUT2D eigenvalue weighted by Crippen LogP contribution is -2.39. The van der Waals surface area contributed by atoms with Crippen LogP contribution in [0.5, 0.6) is 0 Å². The van der Waals surface area contributed by atoms with E-state index >= 15 is 0 Å². The van der Waals surface area contributed by atoms with Gasteiger partial charge in [-0.15, -0.1) is 0 Å². The molecule has 1 aromatic carbocycles. The number of pyridine rings is 1. The molecule has 1 fully saturated rings. The number of likely N-dealkylation sites (tertiary alicyclic amines) is 1. The molecule has 1 saturated heterocycles. The number of hydrogen-bond donors (Lipinski definition) is 1. The van der Waals surface area contributed by atoms with Crippen LogP contribution < -0.4 is 0 Å². The van der Waals surface area contributed by atoms with Crippen molar-refractivity contribution in [3.63, 3.8) is 0 Å². The number of aromatic amines is 1. The second-order valence-electron chi connectivity index (χ2n) is 8.51. The molecular weight excluding hydrogens is 405 g/mol. The van der Waals surface area contributed by atoms with Crippen LogP contribution in [-0.4, -0.2) is 43.6 Å². The number of benzene rings is 1. The Morgan fingerprint density at radius 3 is 2.66 bits per heavy atom. The molecule has 5 rings (SSSR count). The molecule has 1 aliphatic rings. The molecule has 0 spiro atoms. The highest BCUT2D eigenvalue weighted by atomic mass is 19.1. The Morgan fingerprint density at radius 1 is 1.09 bits per heavy atom. The summed E-state index contributed by atoms with van der Waals surface area (Å²) in [6.45, 7) is 2.54. The SMILES string of the molecule is O=C(CCc1ccc(F)cc1)N1CCC(Cn2ccc3nc(-c4cn[nH]c4)ccc32)CC1. The smallest absolute Gasteiger partial charge is 0.222 e. The summed E-state index contributed by atoms with van der Waals surface area (Å²) < 4.78 is 15.3. The van der Waals surface area contributed by atoms with Gasteiger partial charge in [0.25, 0.3) is 0 Å². The number of carbonyl (C=O) groups is 1. The molecule has 0 saturated carbocycles. The third-order valence-electron chi connectivity index (χ3n) is 6.38. The number of rotatable bonds is 6. The van der Waals surface area contributed by atoms with Gasteiger partial charge in [-0.25, -0.2) is 9.37 Å². The molecule has 0 radical (unpaired) electrons. The fourth-order valence-electron chi connectivity index (χ4n) is 4.49. The Balaban J connectivity index is 1.15. The minimum Gasteiger partial charge on any atom is -0.346 e. The van der Waals surface area contributed by atoms with E-state index in [0.29, 0.717) is 18.8 Å². The zero-order valence-corrected chi connectivity index (χ0v) is 17.9. The Bertz CT molecular complexity index is 1190. The largest absolute Gasteiger partial charge is 0.346 e. The number of hydrogen-bond acceptors (Lipinski definition) is 3. The summed E-state index contributed by atoms with van der Waals surface area (Å²) in [6, 6.07) is 12.6. The van der Waals surface area contributed by atoms with Crippen molar-refractivity contribution in [2.75, 3.05) is 13.1 Å². The third-order valence-corrected chi connectivity index (χ3v) is 6.38. The van der Waals surface area contributed by atoms with Crippen molar-refractivity contribution in [3.05, 3.63) is 72.4 Å². The van der Waals surface area contributed by atoms with Crippen LogP contribution in [-0.2, 0) is 17.8 Å². The molecule has 0 bridgehead atoms. The highest BCUT2D eigenvalue weighted by Gasteiger charge is 2.23. The van der Waals surface area contributed by atoms with Crippen LogP contribution in [0.15, 0.2) is 61.1 Å². The maximum absolute atomic E-state index is 13.0. The molecule has 0 aliphatic carbocycles. The molecular formula is C25H26FN5O. The van der Waals surface area contributed by atoms with Gasteiger partial charge in [0.15, 0.2) is 0 Å². The first-order valence-corrected chi connectivity index (χ1v) is 11.1. The molecule has 4 aromatic rings. The van der Waals surface area contributed by atoms with E-state index in [1.54, 1.807) is 18.3 Å². The molecule has 7 heteroatoms. The van der Waals surface area contributed by atoms with Crippen LogP contribution in [0.25, 0.3) is 22.3 Å². The summed E-state index contributed by atoms with van der Waals surface area (Å²) in [7, 11) is 0. The Kier molecular flexibility index (Phi) is 5.71. The van der Waals surface area contributed by atoms with Crippen LogP contribution in [0.1, 0.15) is 24.8 Å². The van der Waals surface area contributed by atoms with Gasteiger partial charge < -0.3 is 9.47 Å². The van der Waals surface area contributed by atoms with E-state index in [-0.39, 0.29) is 11.7 Å². The van der Waals surface area contributed by atoms with Crippen LogP contribution in [0, 0.1) is 11.7 Å². The van der Waals surface area contributed by atoms with E-state index in [9.17, 15) is 9.18 Å². The van der Waals surface area contributed by atoms with Gasteiger partial charge in [0.2, 0.25) is 5.91 Å². The van der Waals surface area contributed by atoms with Crippen molar-refractivity contribution in [3.8, 4) is 11.3 Å². The van der Waals surface area contributed by atoms with Crippen LogP contribution in [0.2, 0.25) is 0 Å². The van der Waals surface area contributed by atoms with Crippen molar-refractivity contribution in [1.29, 1.82) is 0 Å². The van der Waals surface area contributed by atoms with Crippen LogP contribution in [0.3, 0.4) is 0 Å². The van der Waals surface area contributed by atoms with Gasteiger partial charge >= 0.3 is 0 Å². The Labute approximate surface area is 186 Å². The maximum atomic E-state index is 13.0. The molecule has 1 N–H and O–H groups in total. The quantitative estimate of drug-likeness (QED) is 0.491. The number of halogens is 1. The summed E-state index contributed by atoms with van der Waals surface area (Å²) in [4.78, 5) is 19.3. The average molecular weight is 432 g/mol. The highest BCUT2D eigenvalue weighted by molar-refractivity contribution is 5.79. The molecule has 0 atom stereocenters. The van der Waals surface area contributed by atoms with Gasteiger partial charge in [-0.2, -0.15) is 5.10 Å². The van der Waals surface area contributed by atoms with Crippen molar-refractivity contribution in [1.82, 2.24) is 24.6 Å². The van der Waals surface area contributed by atoms with Crippen molar-refractivity contribution in [2.45, 2.75) is 32.2 Å². The highest BCUT2D eigenvalue weighted by Crippen LogP contribution is 2.25. The lowest BCUT2D eigenvalue weighted by Gasteiger charge is -2.32. The van der Waals surface area contributed by atoms with E-state index in [1.807, 2.05) is 17.2 Å². The first-order chi connectivity index (χ1) is 15.7. The summed E-state index contributed by atoms with van der Waals surface area (Å²) in [5.74, 6) is 0.488. The fraction of sp³-hybridized carbons (Fsp3) is 0.320. The van der Waals surface area contributed by atoms with Gasteiger partial charge in [0, 0.05) is 44.0 Å². The van der Waals surface area contributed by atoms with Crippen LogP contribution >= 0.6 is 0 Å². The molecule has 1 aliphatic heterocycles. The summed E-state index contributed by atoms with van der Waals surface area (Å²) in [6.07, 6.45) is 8.87. The van der Waals surface area contributed by atoms with Gasteiger partial charge in [-0.1, -0.05) is 12.1 Å². The van der Waals surface area contributed by atoms with E-state index in [4.69, 9.17) is 4.98 Å². The molecule has 6 nitrogen and oxygen atoms in total. The number of nitrogens with zero attached hydrogens (tertiary/aromatic N) is 4. The lowest BCUT2D eigenvalue weighted by atomic mass is 9.96. The second-order valence-corrected chi connectivity index (χ2v) is 8.51. The minimum absolute atomic E-state index is 0.190. The number of H-pyrrole nitrogens is 1. The average Bonchev–Trinajstić information content (AvgIpc) is 3.49. The fourth-order valence-corrected chi connectivity index (χ4v) is 4.49. The topological polar surface area (TPSA) is 66.8 Å². The predicted molar refractivity (Wildman–Crippen MR) is 121 cm³/mol. The normalized spacial score (nSPS) is 14.8. The van der Waals surface area contributed by atoms with Gasteiger partial charge in [-0.05, 0) is 61.1 Å². The number of amides is 1. The predicted octanol–water partition coefficient (Wildman–Crippen LogP) is 4.44. The number of aryl methyl sites for hydroxylation is 1. The summed E-state index contributed by atoms with van der Waals surface area (Å²) >= 11 is 0. The van der Waals surface area contributed by atoms with Crippen molar-refractivity contribution in [2.24, 2.45) is 5.92 Å². The first-order valence-electron chi connectivity index (χ1n) is 11.1. The van der Waals surface area contributed by atoms with Gasteiger partial charge in [-0.3, -0.25) is 9.89 Å². The van der Waals surface area contributed by atoms with Crippen molar-refractivity contribution < 1.29 is 9.18 Å². The second kappa shape index (κ2) is 8.94. The molecule has 3 aromatic heterocycles.